The molecule has 14 heavy (non-hydrogen) atoms. The van der Waals surface area contributed by atoms with Crippen molar-refractivity contribution in [3.63, 3.8) is 0 Å². The summed E-state index contributed by atoms with van der Waals surface area (Å²) in [6, 6.07) is 0.180. The smallest absolute Gasteiger partial charge is 0.149 e. The zero-order valence-corrected chi connectivity index (χ0v) is 8.87. The van der Waals surface area contributed by atoms with Gasteiger partial charge in [0.2, 0.25) is 0 Å². The van der Waals surface area contributed by atoms with Crippen LogP contribution in [0.2, 0.25) is 0 Å². The lowest BCUT2D eigenvalue weighted by molar-refractivity contribution is -0.121. The minimum atomic E-state index is 0.180. The number of nitrogens with zero attached hydrogens (tertiary/aromatic N) is 1. The monoisotopic (exact) mass is 197 g/mol. The third-order valence-corrected chi connectivity index (χ3v) is 3.32. The van der Waals surface area contributed by atoms with Crippen LogP contribution in [0.3, 0.4) is 0 Å². The van der Waals surface area contributed by atoms with Crippen LogP contribution in [-0.4, -0.2) is 43.0 Å². The van der Waals surface area contributed by atoms with E-state index in [1.54, 1.807) is 0 Å². The molecule has 2 rings (SSSR count). The van der Waals surface area contributed by atoms with Gasteiger partial charge in [-0.3, -0.25) is 9.69 Å². The Balaban J connectivity index is 1.81. The van der Waals surface area contributed by atoms with Gasteiger partial charge in [0.15, 0.2) is 0 Å². The molecular weight excluding hydrogens is 178 g/mol. The maximum absolute atomic E-state index is 11.5. The van der Waals surface area contributed by atoms with E-state index >= 15 is 0 Å². The summed E-state index contributed by atoms with van der Waals surface area (Å²) in [5.74, 6) is 0.422. The van der Waals surface area contributed by atoms with Gasteiger partial charge in [0.25, 0.3) is 0 Å². The van der Waals surface area contributed by atoms with Crippen LogP contribution >= 0.6 is 0 Å². The van der Waals surface area contributed by atoms with Crippen molar-refractivity contribution in [2.75, 3.05) is 20.2 Å². The first-order chi connectivity index (χ1) is 6.77. The van der Waals surface area contributed by atoms with Gasteiger partial charge in [0.1, 0.15) is 5.78 Å². The fourth-order valence-electron chi connectivity index (χ4n) is 2.50. The number of Topliss-reactive ketones (excluding diaryl/α,β-unsaturated/α-hetero) is 1. The Kier molecular flexibility index (Phi) is 3.19. The van der Waals surface area contributed by atoms with Crippen LogP contribution < -0.4 is 0 Å². The first-order valence-corrected chi connectivity index (χ1v) is 5.62. The van der Waals surface area contributed by atoms with Crippen LogP contribution in [0.25, 0.3) is 0 Å². The van der Waals surface area contributed by atoms with Gasteiger partial charge in [-0.25, -0.2) is 0 Å². The third kappa shape index (κ3) is 2.15. The van der Waals surface area contributed by atoms with Crippen LogP contribution in [0, 0.1) is 0 Å². The van der Waals surface area contributed by atoms with Crippen LogP contribution in [-0.2, 0) is 9.53 Å². The number of ketones is 1. The second kappa shape index (κ2) is 4.41. The largest absolute Gasteiger partial charge is 0.377 e. The van der Waals surface area contributed by atoms with Crippen molar-refractivity contribution in [2.24, 2.45) is 0 Å². The predicted octanol–water partition coefficient (Wildman–Crippen LogP) is 1.22. The lowest BCUT2D eigenvalue weighted by atomic mass is 10.1. The second-order valence-electron chi connectivity index (χ2n) is 4.45. The number of rotatable bonds is 3. The Labute approximate surface area is 85.4 Å². The minimum absolute atomic E-state index is 0.180. The topological polar surface area (TPSA) is 29.5 Å². The Bertz CT molecular complexity index is 211. The summed E-state index contributed by atoms with van der Waals surface area (Å²) in [5.41, 5.74) is 0. The van der Waals surface area contributed by atoms with Crippen molar-refractivity contribution >= 4 is 5.78 Å². The molecule has 0 aromatic heterocycles. The fourth-order valence-corrected chi connectivity index (χ4v) is 2.50. The zero-order chi connectivity index (χ0) is 9.97. The third-order valence-electron chi connectivity index (χ3n) is 3.32. The molecule has 2 aliphatic rings. The molecule has 0 bridgehead atoms. The summed E-state index contributed by atoms with van der Waals surface area (Å²) in [6.45, 7) is 1.83. The fraction of sp³-hybridized carbons (Fsp3) is 0.909. The van der Waals surface area contributed by atoms with E-state index in [4.69, 9.17) is 4.74 Å². The number of ether oxygens (including phenoxy) is 1. The SMILES string of the molecule is CN(CC1CCCO1)C1CCCC1=O. The molecule has 2 atom stereocenters. The first-order valence-electron chi connectivity index (χ1n) is 5.62. The molecule has 0 spiro atoms. The van der Waals surface area contributed by atoms with Gasteiger partial charge in [0.05, 0.1) is 12.1 Å². The van der Waals surface area contributed by atoms with Gasteiger partial charge < -0.3 is 4.74 Å². The molecule has 0 aromatic rings. The average molecular weight is 197 g/mol. The van der Waals surface area contributed by atoms with Gasteiger partial charge in [-0.15, -0.1) is 0 Å². The molecule has 0 aromatic carbocycles. The van der Waals surface area contributed by atoms with Crippen molar-refractivity contribution in [1.29, 1.82) is 0 Å². The Hall–Kier alpha value is -0.410. The van der Waals surface area contributed by atoms with Gasteiger partial charge in [-0.1, -0.05) is 0 Å². The molecule has 0 amide bonds. The van der Waals surface area contributed by atoms with Crippen molar-refractivity contribution in [3.05, 3.63) is 0 Å². The van der Waals surface area contributed by atoms with E-state index in [1.807, 2.05) is 0 Å². The van der Waals surface area contributed by atoms with E-state index in [0.717, 1.165) is 38.8 Å². The number of carbonyl (C=O) groups excluding carboxylic acids is 1. The lowest BCUT2D eigenvalue weighted by Crippen LogP contribution is -2.39. The van der Waals surface area contributed by atoms with Gasteiger partial charge in [-0.2, -0.15) is 0 Å². The van der Waals surface area contributed by atoms with E-state index < -0.39 is 0 Å². The molecule has 3 nitrogen and oxygen atoms in total. The van der Waals surface area contributed by atoms with Crippen LogP contribution in [0.1, 0.15) is 32.1 Å². The van der Waals surface area contributed by atoms with E-state index in [9.17, 15) is 4.79 Å². The van der Waals surface area contributed by atoms with Crippen LogP contribution in [0.5, 0.6) is 0 Å². The minimum Gasteiger partial charge on any atom is -0.377 e. The van der Waals surface area contributed by atoms with Gasteiger partial charge >= 0.3 is 0 Å². The van der Waals surface area contributed by atoms with E-state index in [2.05, 4.69) is 11.9 Å². The summed E-state index contributed by atoms with van der Waals surface area (Å²) >= 11 is 0. The molecule has 0 radical (unpaired) electrons. The predicted molar refractivity (Wildman–Crippen MR) is 54.3 cm³/mol. The van der Waals surface area contributed by atoms with E-state index in [0.29, 0.717) is 11.9 Å². The number of hydrogen-bond acceptors (Lipinski definition) is 3. The highest BCUT2D eigenvalue weighted by molar-refractivity contribution is 5.85. The highest BCUT2D eigenvalue weighted by atomic mass is 16.5. The molecule has 1 saturated carbocycles. The van der Waals surface area contributed by atoms with Gasteiger partial charge in [0, 0.05) is 19.6 Å². The molecule has 1 heterocycles. The van der Waals surface area contributed by atoms with E-state index in [-0.39, 0.29) is 6.04 Å². The molecule has 1 aliphatic carbocycles. The number of hydrogen-bond donors (Lipinski definition) is 0. The summed E-state index contributed by atoms with van der Waals surface area (Å²) in [6.07, 6.45) is 5.60. The summed E-state index contributed by atoms with van der Waals surface area (Å²) < 4.78 is 5.57. The Morgan fingerprint density at radius 2 is 2.29 bits per heavy atom. The van der Waals surface area contributed by atoms with Crippen molar-refractivity contribution in [2.45, 2.75) is 44.2 Å². The van der Waals surface area contributed by atoms with Crippen molar-refractivity contribution < 1.29 is 9.53 Å². The Morgan fingerprint density at radius 1 is 1.43 bits per heavy atom. The second-order valence-corrected chi connectivity index (χ2v) is 4.45. The molecule has 2 unspecified atom stereocenters. The number of likely N-dealkylation sites (N-methyl/N-ethyl adjacent to an activating group) is 1. The van der Waals surface area contributed by atoms with Gasteiger partial charge in [-0.05, 0) is 32.7 Å². The summed E-state index contributed by atoms with van der Waals surface area (Å²) in [7, 11) is 2.05. The Morgan fingerprint density at radius 3 is 2.86 bits per heavy atom. The molecule has 1 saturated heterocycles. The van der Waals surface area contributed by atoms with Crippen molar-refractivity contribution in [1.82, 2.24) is 4.90 Å². The molecule has 3 heteroatoms. The van der Waals surface area contributed by atoms with Crippen LogP contribution in [0.15, 0.2) is 0 Å². The molecule has 2 fully saturated rings. The van der Waals surface area contributed by atoms with E-state index in [1.165, 1.54) is 6.42 Å². The number of carbonyl (C=O) groups is 1. The van der Waals surface area contributed by atoms with Crippen molar-refractivity contribution in [3.8, 4) is 0 Å². The molecular formula is C11H19NO2. The highest BCUT2D eigenvalue weighted by Gasteiger charge is 2.29. The summed E-state index contributed by atoms with van der Waals surface area (Å²) in [5, 5.41) is 0. The normalized spacial score (nSPS) is 33.1. The average Bonchev–Trinajstić information content (AvgIpc) is 2.75. The molecule has 80 valence electrons. The maximum Gasteiger partial charge on any atom is 0.149 e. The zero-order valence-electron chi connectivity index (χ0n) is 8.87. The molecule has 1 aliphatic heterocycles. The lowest BCUT2D eigenvalue weighted by Gasteiger charge is -2.25. The first kappa shape index (κ1) is 10.1. The standard InChI is InChI=1S/C11H19NO2/c1-12(8-9-4-3-7-14-9)10-5-2-6-11(10)13/h9-10H,2-8H2,1H3. The molecule has 0 N–H and O–H groups in total. The summed E-state index contributed by atoms with van der Waals surface area (Å²) in [4.78, 5) is 13.7. The quantitative estimate of drug-likeness (QED) is 0.681. The van der Waals surface area contributed by atoms with Crippen LogP contribution in [0.4, 0.5) is 0 Å². The maximum atomic E-state index is 11.5. The highest BCUT2D eigenvalue weighted by Crippen LogP contribution is 2.21.